The summed E-state index contributed by atoms with van der Waals surface area (Å²) in [5.74, 6) is 1.69. The van der Waals surface area contributed by atoms with Crippen molar-refractivity contribution in [1.29, 1.82) is 0 Å². The van der Waals surface area contributed by atoms with Crippen LogP contribution in [0.1, 0.15) is 18.1 Å². The van der Waals surface area contributed by atoms with E-state index in [1.54, 1.807) is 0 Å². The topological polar surface area (TPSA) is 42.0 Å². The summed E-state index contributed by atoms with van der Waals surface area (Å²) in [6.45, 7) is 4.71. The minimum absolute atomic E-state index is 0.134. The minimum atomic E-state index is 0.134. The molecular formula is C20H24N2O3. The van der Waals surface area contributed by atoms with Gasteiger partial charge < -0.3 is 14.4 Å². The highest BCUT2D eigenvalue weighted by Crippen LogP contribution is 2.32. The van der Waals surface area contributed by atoms with E-state index in [0.29, 0.717) is 26.2 Å². The Morgan fingerprint density at radius 1 is 1.00 bits per heavy atom. The lowest BCUT2D eigenvalue weighted by Crippen LogP contribution is -2.38. The Morgan fingerprint density at radius 3 is 2.52 bits per heavy atom. The van der Waals surface area contributed by atoms with Crippen LogP contribution in [0, 0.1) is 0 Å². The normalized spacial score (nSPS) is 12.4. The number of rotatable bonds is 7. The first-order valence-corrected chi connectivity index (χ1v) is 8.54. The van der Waals surface area contributed by atoms with Crippen LogP contribution in [0.15, 0.2) is 48.5 Å². The van der Waals surface area contributed by atoms with Gasteiger partial charge in [-0.25, -0.2) is 0 Å². The molecule has 0 N–H and O–H groups in total. The Kier molecular flexibility index (Phi) is 5.56. The average Bonchev–Trinajstić information content (AvgIpc) is 3.08. The molecule has 3 rings (SSSR count). The van der Waals surface area contributed by atoms with Crippen molar-refractivity contribution in [3.63, 3.8) is 0 Å². The van der Waals surface area contributed by atoms with Crippen molar-refractivity contribution in [3.05, 3.63) is 59.7 Å². The lowest BCUT2D eigenvalue weighted by Gasteiger charge is -2.24. The maximum Gasteiger partial charge on any atom is 0.237 e. The van der Waals surface area contributed by atoms with Crippen molar-refractivity contribution >= 4 is 5.91 Å². The van der Waals surface area contributed by atoms with Crippen molar-refractivity contribution in [3.8, 4) is 11.5 Å². The second-order valence-electron chi connectivity index (χ2n) is 6.25. The number of carbonyl (C=O) groups excluding carboxylic acids is 1. The first-order chi connectivity index (χ1) is 12.2. The fourth-order valence-corrected chi connectivity index (χ4v) is 2.92. The zero-order valence-corrected chi connectivity index (χ0v) is 14.8. The molecule has 5 nitrogen and oxygen atoms in total. The summed E-state index contributed by atoms with van der Waals surface area (Å²) >= 11 is 0. The number of benzene rings is 2. The van der Waals surface area contributed by atoms with Crippen LogP contribution in [-0.4, -0.2) is 42.6 Å². The molecule has 0 bridgehead atoms. The fourth-order valence-electron chi connectivity index (χ4n) is 2.92. The molecule has 2 aromatic carbocycles. The first kappa shape index (κ1) is 17.3. The Balaban J connectivity index is 1.55. The van der Waals surface area contributed by atoms with Crippen molar-refractivity contribution in [2.75, 3.05) is 26.9 Å². The molecule has 25 heavy (non-hydrogen) atoms. The number of hydrogen-bond acceptors (Lipinski definition) is 4. The third kappa shape index (κ3) is 4.51. The summed E-state index contributed by atoms with van der Waals surface area (Å²) < 4.78 is 10.7. The second-order valence-corrected chi connectivity index (χ2v) is 6.25. The standard InChI is InChI=1S/C20H24N2O3/c1-3-22(13-16-7-5-4-6-8-16)20(23)14-21(2)12-17-9-10-18-19(11-17)25-15-24-18/h4-11H,3,12-15H2,1-2H3. The van der Waals surface area contributed by atoms with E-state index in [0.717, 1.165) is 22.6 Å². The molecule has 5 heteroatoms. The highest BCUT2D eigenvalue weighted by atomic mass is 16.7. The van der Waals surface area contributed by atoms with Crippen molar-refractivity contribution in [2.45, 2.75) is 20.0 Å². The molecule has 0 spiro atoms. The number of carbonyl (C=O) groups is 1. The third-order valence-corrected chi connectivity index (χ3v) is 4.25. The molecule has 1 aliphatic heterocycles. The summed E-state index contributed by atoms with van der Waals surface area (Å²) in [5.41, 5.74) is 2.25. The molecule has 0 saturated heterocycles. The number of likely N-dealkylation sites (N-methyl/N-ethyl adjacent to an activating group) is 2. The van der Waals surface area contributed by atoms with Crippen LogP contribution in [0.5, 0.6) is 11.5 Å². The van der Waals surface area contributed by atoms with Gasteiger partial charge in [-0.2, -0.15) is 0 Å². The number of fused-ring (bicyclic) bond motifs is 1. The van der Waals surface area contributed by atoms with Crippen LogP contribution < -0.4 is 9.47 Å². The van der Waals surface area contributed by atoms with Crippen molar-refractivity contribution in [1.82, 2.24) is 9.80 Å². The number of hydrogen-bond donors (Lipinski definition) is 0. The van der Waals surface area contributed by atoms with Crippen LogP contribution >= 0.6 is 0 Å². The van der Waals surface area contributed by atoms with Crippen molar-refractivity contribution < 1.29 is 14.3 Å². The molecule has 2 aromatic rings. The van der Waals surface area contributed by atoms with E-state index in [2.05, 4.69) is 0 Å². The van der Waals surface area contributed by atoms with Crippen LogP contribution in [-0.2, 0) is 17.9 Å². The monoisotopic (exact) mass is 340 g/mol. The van der Waals surface area contributed by atoms with Gasteiger partial charge in [-0.05, 0) is 37.2 Å². The number of nitrogens with zero attached hydrogens (tertiary/aromatic N) is 2. The van der Waals surface area contributed by atoms with E-state index in [-0.39, 0.29) is 12.7 Å². The highest BCUT2D eigenvalue weighted by Gasteiger charge is 2.17. The van der Waals surface area contributed by atoms with Crippen LogP contribution in [0.4, 0.5) is 0 Å². The Hall–Kier alpha value is -2.53. The van der Waals surface area contributed by atoms with E-state index in [1.165, 1.54) is 0 Å². The van der Waals surface area contributed by atoms with Gasteiger partial charge in [-0.1, -0.05) is 36.4 Å². The highest BCUT2D eigenvalue weighted by molar-refractivity contribution is 5.78. The van der Waals surface area contributed by atoms with Crippen LogP contribution in [0.2, 0.25) is 0 Å². The zero-order valence-electron chi connectivity index (χ0n) is 14.8. The number of ether oxygens (including phenoxy) is 2. The summed E-state index contributed by atoms with van der Waals surface area (Å²) in [5, 5.41) is 0. The SMILES string of the molecule is CCN(Cc1ccccc1)C(=O)CN(C)Cc1ccc2c(c1)OCO2. The molecule has 0 fully saturated rings. The lowest BCUT2D eigenvalue weighted by molar-refractivity contribution is -0.132. The van der Waals surface area contributed by atoms with Gasteiger partial charge in [0.1, 0.15) is 0 Å². The van der Waals surface area contributed by atoms with Gasteiger partial charge in [0.2, 0.25) is 12.7 Å². The number of amides is 1. The predicted octanol–water partition coefficient (Wildman–Crippen LogP) is 2.90. The maximum absolute atomic E-state index is 12.6. The van der Waals surface area contributed by atoms with E-state index in [4.69, 9.17) is 9.47 Å². The lowest BCUT2D eigenvalue weighted by atomic mass is 10.2. The summed E-state index contributed by atoms with van der Waals surface area (Å²) in [6.07, 6.45) is 0. The second kappa shape index (κ2) is 8.03. The molecule has 0 aromatic heterocycles. The smallest absolute Gasteiger partial charge is 0.237 e. The van der Waals surface area contributed by atoms with Gasteiger partial charge in [0.25, 0.3) is 0 Å². The Morgan fingerprint density at radius 2 is 1.76 bits per heavy atom. The van der Waals surface area contributed by atoms with Gasteiger partial charge in [0.05, 0.1) is 6.54 Å². The third-order valence-electron chi connectivity index (χ3n) is 4.25. The largest absolute Gasteiger partial charge is 0.454 e. The summed E-state index contributed by atoms with van der Waals surface area (Å²) in [6, 6.07) is 16.0. The minimum Gasteiger partial charge on any atom is -0.454 e. The summed E-state index contributed by atoms with van der Waals surface area (Å²) in [4.78, 5) is 16.5. The van der Waals surface area contributed by atoms with Gasteiger partial charge >= 0.3 is 0 Å². The molecule has 0 saturated carbocycles. The van der Waals surface area contributed by atoms with Gasteiger partial charge in [-0.3, -0.25) is 9.69 Å². The van der Waals surface area contributed by atoms with Crippen LogP contribution in [0.25, 0.3) is 0 Å². The molecule has 0 radical (unpaired) electrons. The van der Waals surface area contributed by atoms with Crippen molar-refractivity contribution in [2.24, 2.45) is 0 Å². The molecule has 0 atom stereocenters. The van der Waals surface area contributed by atoms with E-state index in [9.17, 15) is 4.79 Å². The van der Waals surface area contributed by atoms with E-state index >= 15 is 0 Å². The summed E-state index contributed by atoms with van der Waals surface area (Å²) in [7, 11) is 1.96. The molecule has 0 unspecified atom stereocenters. The van der Waals surface area contributed by atoms with Gasteiger partial charge in [-0.15, -0.1) is 0 Å². The first-order valence-electron chi connectivity index (χ1n) is 8.54. The van der Waals surface area contributed by atoms with Gasteiger partial charge in [0, 0.05) is 19.6 Å². The average molecular weight is 340 g/mol. The Labute approximate surface area is 148 Å². The zero-order chi connectivity index (χ0) is 17.6. The molecule has 1 amide bonds. The Bertz CT molecular complexity index is 718. The molecule has 1 aliphatic rings. The predicted molar refractivity (Wildman–Crippen MR) is 96.4 cm³/mol. The molecule has 132 valence electrons. The maximum atomic E-state index is 12.6. The molecule has 0 aliphatic carbocycles. The molecular weight excluding hydrogens is 316 g/mol. The quantitative estimate of drug-likeness (QED) is 0.777. The fraction of sp³-hybridized carbons (Fsp3) is 0.350. The molecule has 1 heterocycles. The van der Waals surface area contributed by atoms with Gasteiger partial charge in [0.15, 0.2) is 11.5 Å². The van der Waals surface area contributed by atoms with E-state index < -0.39 is 0 Å². The van der Waals surface area contributed by atoms with E-state index in [1.807, 2.05) is 72.3 Å². The van der Waals surface area contributed by atoms with Crippen LogP contribution in [0.3, 0.4) is 0 Å².